The largest absolute Gasteiger partial charge is 0.508 e. The van der Waals surface area contributed by atoms with E-state index in [4.69, 9.17) is 0 Å². The van der Waals surface area contributed by atoms with Crippen molar-refractivity contribution in [3.8, 4) is 5.75 Å². The normalized spacial score (nSPS) is 19.2. The number of carbonyl (C=O) groups is 3. The predicted octanol–water partition coefficient (Wildman–Crippen LogP) is 1.63. The molecule has 7 nitrogen and oxygen atoms in total. The Hall–Kier alpha value is -3.35. The van der Waals surface area contributed by atoms with Crippen LogP contribution in [0.2, 0.25) is 0 Å². The summed E-state index contributed by atoms with van der Waals surface area (Å²) >= 11 is 0. The van der Waals surface area contributed by atoms with Gasteiger partial charge in [-0.2, -0.15) is 0 Å². The van der Waals surface area contributed by atoms with E-state index in [-0.39, 0.29) is 18.1 Å². The number of hydrogen-bond acceptors (Lipinski definition) is 4. The molecule has 3 rings (SSSR count). The molecule has 0 unspecified atom stereocenters. The summed E-state index contributed by atoms with van der Waals surface area (Å²) in [4.78, 5) is 35.6. The third kappa shape index (κ3) is 3.30. The zero-order chi connectivity index (χ0) is 18.0. The summed E-state index contributed by atoms with van der Waals surface area (Å²) < 4.78 is 0. The third-order valence-electron chi connectivity index (χ3n) is 4.11. The van der Waals surface area contributed by atoms with Crippen LogP contribution in [0.5, 0.6) is 5.75 Å². The predicted molar refractivity (Wildman–Crippen MR) is 90.9 cm³/mol. The Bertz CT molecular complexity index is 865. The van der Waals surface area contributed by atoms with Crippen LogP contribution >= 0.6 is 0 Å². The minimum absolute atomic E-state index is 0.0192. The van der Waals surface area contributed by atoms with Crippen LogP contribution in [0.4, 0.5) is 10.5 Å². The fourth-order valence-corrected chi connectivity index (χ4v) is 2.69. The molecule has 7 heteroatoms. The molecule has 0 aromatic heterocycles. The van der Waals surface area contributed by atoms with E-state index in [1.807, 2.05) is 0 Å². The average molecular weight is 339 g/mol. The van der Waals surface area contributed by atoms with Gasteiger partial charge >= 0.3 is 6.03 Å². The molecule has 0 spiro atoms. The molecular formula is C18H17N3O4. The number of phenolic OH excluding ortho intramolecular Hbond substituents is 1. The number of para-hydroxylation sites is 1. The Labute approximate surface area is 144 Å². The lowest BCUT2D eigenvalue weighted by Crippen LogP contribution is -2.40. The average Bonchev–Trinajstić information content (AvgIpc) is 2.83. The van der Waals surface area contributed by atoms with Crippen molar-refractivity contribution in [3.63, 3.8) is 0 Å². The summed E-state index contributed by atoms with van der Waals surface area (Å²) in [6.07, 6.45) is 0.0192. The lowest BCUT2D eigenvalue weighted by atomic mass is 9.92. The number of imide groups is 1. The molecule has 0 bridgehead atoms. The van der Waals surface area contributed by atoms with Gasteiger partial charge in [-0.3, -0.25) is 14.9 Å². The topological polar surface area (TPSA) is 108 Å². The van der Waals surface area contributed by atoms with Gasteiger partial charge in [0.05, 0.1) is 6.42 Å². The highest BCUT2D eigenvalue weighted by Gasteiger charge is 2.43. The van der Waals surface area contributed by atoms with Crippen LogP contribution in [0.1, 0.15) is 18.1 Å². The van der Waals surface area contributed by atoms with Gasteiger partial charge in [-0.05, 0) is 30.7 Å². The minimum Gasteiger partial charge on any atom is -0.508 e. The Balaban J connectivity index is 1.76. The molecule has 1 heterocycles. The van der Waals surface area contributed by atoms with Gasteiger partial charge in [-0.1, -0.05) is 30.3 Å². The molecule has 1 atom stereocenters. The van der Waals surface area contributed by atoms with Gasteiger partial charge in [0.25, 0.3) is 5.91 Å². The molecule has 1 aliphatic rings. The van der Waals surface area contributed by atoms with Crippen molar-refractivity contribution in [3.05, 3.63) is 59.7 Å². The van der Waals surface area contributed by atoms with Crippen molar-refractivity contribution >= 4 is 23.5 Å². The van der Waals surface area contributed by atoms with Crippen LogP contribution in [0, 0.1) is 0 Å². The molecule has 4 amide bonds. The monoisotopic (exact) mass is 339 g/mol. The third-order valence-corrected chi connectivity index (χ3v) is 4.11. The number of aromatic hydroxyl groups is 1. The summed E-state index contributed by atoms with van der Waals surface area (Å²) in [6, 6.07) is 12.8. The molecule has 4 N–H and O–H groups in total. The van der Waals surface area contributed by atoms with E-state index >= 15 is 0 Å². The number of carbonyl (C=O) groups excluding carboxylic acids is 3. The molecule has 0 radical (unpaired) electrons. The Morgan fingerprint density at radius 1 is 1.16 bits per heavy atom. The molecule has 1 fully saturated rings. The fourth-order valence-electron chi connectivity index (χ4n) is 2.69. The molecule has 0 saturated carbocycles. The first-order valence-corrected chi connectivity index (χ1v) is 7.69. The minimum atomic E-state index is -1.19. The van der Waals surface area contributed by atoms with Crippen molar-refractivity contribution < 1.29 is 19.5 Å². The number of rotatable bonds is 4. The Kier molecular flexibility index (Phi) is 4.14. The summed E-state index contributed by atoms with van der Waals surface area (Å²) in [5.74, 6) is -0.692. The van der Waals surface area contributed by atoms with Gasteiger partial charge < -0.3 is 15.7 Å². The quantitative estimate of drug-likeness (QED) is 0.635. The molecule has 128 valence electrons. The summed E-state index contributed by atoms with van der Waals surface area (Å²) in [6.45, 7) is 1.59. The lowest BCUT2D eigenvalue weighted by Gasteiger charge is -2.21. The highest BCUT2D eigenvalue weighted by Crippen LogP contribution is 2.26. The van der Waals surface area contributed by atoms with E-state index in [9.17, 15) is 19.5 Å². The summed E-state index contributed by atoms with van der Waals surface area (Å²) in [5.41, 5.74) is 0.380. The first kappa shape index (κ1) is 16.5. The van der Waals surface area contributed by atoms with E-state index in [0.717, 1.165) is 0 Å². The van der Waals surface area contributed by atoms with Crippen LogP contribution < -0.4 is 16.0 Å². The van der Waals surface area contributed by atoms with Crippen LogP contribution in [-0.2, 0) is 21.5 Å². The van der Waals surface area contributed by atoms with Gasteiger partial charge in [-0.25, -0.2) is 4.79 Å². The maximum atomic E-state index is 12.2. The van der Waals surface area contributed by atoms with E-state index in [0.29, 0.717) is 16.8 Å². The highest BCUT2D eigenvalue weighted by atomic mass is 16.3. The number of anilines is 1. The standard InChI is InChI=1S/C18H17N3O4/c1-18(16(24)20-17(25)21-18)12-6-4-7-13(10-12)19-15(23)9-11-5-2-3-8-14(11)22/h2-8,10,22H,9H2,1H3,(H,19,23)(H2,20,21,24,25)/t18-/m0/s1. The second-order valence-corrected chi connectivity index (χ2v) is 5.97. The first-order valence-electron chi connectivity index (χ1n) is 7.69. The van der Waals surface area contributed by atoms with E-state index in [1.54, 1.807) is 49.4 Å². The Morgan fingerprint density at radius 3 is 2.60 bits per heavy atom. The molecular weight excluding hydrogens is 322 g/mol. The number of hydrogen-bond donors (Lipinski definition) is 4. The lowest BCUT2D eigenvalue weighted by molar-refractivity contribution is -0.123. The van der Waals surface area contributed by atoms with Crippen LogP contribution in [0.25, 0.3) is 0 Å². The zero-order valence-electron chi connectivity index (χ0n) is 13.5. The van der Waals surface area contributed by atoms with Crippen LogP contribution in [-0.4, -0.2) is 23.0 Å². The van der Waals surface area contributed by atoms with Crippen molar-refractivity contribution in [1.82, 2.24) is 10.6 Å². The van der Waals surface area contributed by atoms with Gasteiger partial charge in [0.1, 0.15) is 11.3 Å². The molecule has 2 aromatic rings. The van der Waals surface area contributed by atoms with Crippen LogP contribution in [0.3, 0.4) is 0 Å². The molecule has 1 saturated heterocycles. The second-order valence-electron chi connectivity index (χ2n) is 5.97. The molecule has 1 aliphatic heterocycles. The first-order chi connectivity index (χ1) is 11.9. The van der Waals surface area contributed by atoms with Crippen molar-refractivity contribution in [2.24, 2.45) is 0 Å². The number of nitrogens with one attached hydrogen (secondary N) is 3. The fraction of sp³-hybridized carbons (Fsp3) is 0.167. The van der Waals surface area contributed by atoms with Gasteiger partial charge in [0.2, 0.25) is 5.91 Å². The summed E-state index contributed by atoms with van der Waals surface area (Å²) in [7, 11) is 0. The maximum Gasteiger partial charge on any atom is 0.322 e. The molecule has 2 aromatic carbocycles. The van der Waals surface area contributed by atoms with Gasteiger partial charge in [0.15, 0.2) is 0 Å². The van der Waals surface area contributed by atoms with E-state index in [2.05, 4.69) is 16.0 Å². The summed E-state index contributed by atoms with van der Waals surface area (Å²) in [5, 5.41) is 17.2. The SMILES string of the molecule is C[C@@]1(c2cccc(NC(=O)Cc3ccccc3O)c2)NC(=O)NC1=O. The van der Waals surface area contributed by atoms with E-state index in [1.165, 1.54) is 6.07 Å². The van der Waals surface area contributed by atoms with E-state index < -0.39 is 17.5 Å². The number of phenols is 1. The van der Waals surface area contributed by atoms with Crippen molar-refractivity contribution in [1.29, 1.82) is 0 Å². The van der Waals surface area contributed by atoms with Crippen molar-refractivity contribution in [2.75, 3.05) is 5.32 Å². The molecule has 0 aliphatic carbocycles. The van der Waals surface area contributed by atoms with Crippen LogP contribution in [0.15, 0.2) is 48.5 Å². The van der Waals surface area contributed by atoms with Gasteiger partial charge in [-0.15, -0.1) is 0 Å². The smallest absolute Gasteiger partial charge is 0.322 e. The number of amides is 4. The van der Waals surface area contributed by atoms with Gasteiger partial charge in [0, 0.05) is 11.3 Å². The maximum absolute atomic E-state index is 12.2. The Morgan fingerprint density at radius 2 is 1.92 bits per heavy atom. The second kappa shape index (κ2) is 6.27. The molecule has 25 heavy (non-hydrogen) atoms. The zero-order valence-corrected chi connectivity index (χ0v) is 13.5. The number of urea groups is 1. The number of benzene rings is 2. The highest BCUT2D eigenvalue weighted by molar-refractivity contribution is 6.07. The van der Waals surface area contributed by atoms with Crippen molar-refractivity contribution in [2.45, 2.75) is 18.9 Å².